The Balaban J connectivity index is 1.52. The summed E-state index contributed by atoms with van der Waals surface area (Å²) in [5, 5.41) is 9.20. The molecule has 4 aromatic rings. The van der Waals surface area contributed by atoms with Crippen LogP contribution in [0.15, 0.2) is 108 Å². The van der Waals surface area contributed by atoms with Gasteiger partial charge in [-0.15, -0.1) is 0 Å². The quantitative estimate of drug-likeness (QED) is 0.143. The van der Waals surface area contributed by atoms with Crippen LogP contribution in [0, 0.1) is 0 Å². The van der Waals surface area contributed by atoms with E-state index in [1.807, 2.05) is 91.0 Å². The fourth-order valence-corrected chi connectivity index (χ4v) is 5.42. The van der Waals surface area contributed by atoms with Gasteiger partial charge in [-0.1, -0.05) is 115 Å². The number of benzene rings is 4. The van der Waals surface area contributed by atoms with Gasteiger partial charge in [0.05, 0.1) is 4.91 Å². The monoisotopic (exact) mass is 597 g/mol. The molecular weight excluding hydrogens is 570 g/mol. The van der Waals surface area contributed by atoms with Gasteiger partial charge >= 0.3 is 5.97 Å². The summed E-state index contributed by atoms with van der Waals surface area (Å²) in [4.78, 5) is 25.6. The maximum Gasteiger partial charge on any atom is 0.323 e. The van der Waals surface area contributed by atoms with Crippen LogP contribution in [0.3, 0.4) is 0 Å². The number of thioether (sulfide) groups is 1. The van der Waals surface area contributed by atoms with Crippen LogP contribution < -0.4 is 14.2 Å². The molecule has 1 saturated heterocycles. The molecule has 0 spiro atoms. The third kappa shape index (κ3) is 7.57. The van der Waals surface area contributed by atoms with Gasteiger partial charge in [0.1, 0.15) is 30.7 Å². The molecule has 0 aliphatic carbocycles. The summed E-state index contributed by atoms with van der Waals surface area (Å²) in [7, 11) is 0. The summed E-state index contributed by atoms with van der Waals surface area (Å²) >= 11 is 6.32. The minimum Gasteiger partial charge on any atom is -0.485 e. The fraction of sp³-hybridized carbons (Fsp3) is 0.121. The lowest BCUT2D eigenvalue weighted by atomic mass is 10.1. The number of carbonyl (C=O) groups excluding carboxylic acids is 1. The fourth-order valence-electron chi connectivity index (χ4n) is 4.16. The van der Waals surface area contributed by atoms with Crippen LogP contribution in [0.4, 0.5) is 0 Å². The second-order valence-electron chi connectivity index (χ2n) is 9.33. The van der Waals surface area contributed by atoms with Gasteiger partial charge < -0.3 is 19.3 Å². The van der Waals surface area contributed by atoms with Crippen LogP contribution in [0.1, 0.15) is 22.3 Å². The van der Waals surface area contributed by atoms with E-state index in [2.05, 4.69) is 0 Å². The molecule has 0 aromatic heterocycles. The molecule has 212 valence electrons. The molecule has 7 nitrogen and oxygen atoms in total. The first kappa shape index (κ1) is 28.9. The summed E-state index contributed by atoms with van der Waals surface area (Å²) < 4.78 is 19.1. The summed E-state index contributed by atoms with van der Waals surface area (Å²) in [6.45, 7) is 0.359. The first-order valence-corrected chi connectivity index (χ1v) is 14.3. The molecule has 0 bridgehead atoms. The smallest absolute Gasteiger partial charge is 0.323 e. The molecule has 42 heavy (non-hydrogen) atoms. The Bertz CT molecular complexity index is 1530. The highest BCUT2D eigenvalue weighted by atomic mass is 32.2. The average Bonchev–Trinajstić information content (AvgIpc) is 3.26. The number of hydrogen-bond acceptors (Lipinski definition) is 7. The number of carbonyl (C=O) groups is 2. The Morgan fingerprint density at radius 1 is 0.762 bits per heavy atom. The van der Waals surface area contributed by atoms with E-state index in [9.17, 15) is 14.7 Å². The molecule has 1 amide bonds. The number of hydrogen-bond donors (Lipinski definition) is 1. The van der Waals surface area contributed by atoms with Gasteiger partial charge in [-0.05, 0) is 40.5 Å². The van der Waals surface area contributed by atoms with Crippen LogP contribution >= 0.6 is 24.0 Å². The van der Waals surface area contributed by atoms with Crippen LogP contribution in [0.5, 0.6) is 17.2 Å². The van der Waals surface area contributed by atoms with E-state index in [0.717, 1.165) is 33.4 Å². The zero-order chi connectivity index (χ0) is 29.3. The van der Waals surface area contributed by atoms with E-state index in [0.29, 0.717) is 27.7 Å². The van der Waals surface area contributed by atoms with Crippen LogP contribution in [0.25, 0.3) is 6.08 Å². The highest BCUT2D eigenvalue weighted by Gasteiger charge is 2.33. The van der Waals surface area contributed by atoms with Gasteiger partial charge in [0, 0.05) is 0 Å². The van der Waals surface area contributed by atoms with Crippen molar-refractivity contribution in [2.75, 3.05) is 6.54 Å². The van der Waals surface area contributed by atoms with Crippen molar-refractivity contribution < 1.29 is 28.9 Å². The summed E-state index contributed by atoms with van der Waals surface area (Å²) in [5.41, 5.74) is 3.53. The Kier molecular flexibility index (Phi) is 9.53. The zero-order valence-electron chi connectivity index (χ0n) is 22.5. The molecule has 4 aromatic carbocycles. The molecule has 1 heterocycles. The second-order valence-corrected chi connectivity index (χ2v) is 11.0. The van der Waals surface area contributed by atoms with E-state index in [4.69, 9.17) is 26.4 Å². The maximum atomic E-state index is 13.0. The van der Waals surface area contributed by atoms with Gasteiger partial charge in [0.25, 0.3) is 5.91 Å². The zero-order valence-corrected chi connectivity index (χ0v) is 24.1. The third-order valence-electron chi connectivity index (χ3n) is 6.21. The average molecular weight is 598 g/mol. The molecule has 0 radical (unpaired) electrons. The van der Waals surface area contributed by atoms with Crippen LogP contribution in [0.2, 0.25) is 0 Å². The molecule has 1 N–H and O–H groups in total. The third-order valence-corrected chi connectivity index (χ3v) is 7.59. The van der Waals surface area contributed by atoms with Crippen molar-refractivity contribution >= 4 is 46.3 Å². The second kappa shape index (κ2) is 13.8. The molecular formula is C33H27NO6S2. The Labute approximate surface area is 253 Å². The Morgan fingerprint density at radius 3 is 1.67 bits per heavy atom. The van der Waals surface area contributed by atoms with Gasteiger partial charge in [-0.2, -0.15) is 0 Å². The summed E-state index contributed by atoms with van der Waals surface area (Å²) in [5.74, 6) is -0.294. The molecule has 0 atom stereocenters. The molecule has 9 heteroatoms. The maximum absolute atomic E-state index is 13.0. The van der Waals surface area contributed by atoms with Crippen molar-refractivity contribution in [2.24, 2.45) is 0 Å². The molecule has 1 fully saturated rings. The lowest BCUT2D eigenvalue weighted by Gasteiger charge is -2.19. The first-order chi connectivity index (χ1) is 20.5. The molecule has 1 aliphatic rings. The Morgan fingerprint density at radius 2 is 1.21 bits per heavy atom. The molecule has 0 saturated carbocycles. The minimum absolute atomic E-state index is 0.192. The number of amides is 1. The first-order valence-electron chi connectivity index (χ1n) is 13.1. The van der Waals surface area contributed by atoms with Crippen molar-refractivity contribution in [3.05, 3.63) is 130 Å². The van der Waals surface area contributed by atoms with Gasteiger partial charge in [0.2, 0.25) is 5.75 Å². The topological polar surface area (TPSA) is 85.3 Å². The minimum atomic E-state index is -1.14. The number of ether oxygens (including phenoxy) is 3. The summed E-state index contributed by atoms with van der Waals surface area (Å²) in [6, 6.07) is 32.9. The predicted molar refractivity (Wildman–Crippen MR) is 166 cm³/mol. The van der Waals surface area contributed by atoms with E-state index < -0.39 is 18.4 Å². The predicted octanol–water partition coefficient (Wildman–Crippen LogP) is 6.71. The van der Waals surface area contributed by atoms with E-state index in [1.165, 1.54) is 0 Å². The van der Waals surface area contributed by atoms with E-state index >= 15 is 0 Å². The summed E-state index contributed by atoms with van der Waals surface area (Å²) in [6.07, 6.45) is 1.66. The number of carboxylic acid groups (broad SMARTS) is 1. The lowest BCUT2D eigenvalue weighted by Crippen LogP contribution is -2.33. The van der Waals surface area contributed by atoms with Crippen molar-refractivity contribution in [2.45, 2.75) is 19.8 Å². The highest BCUT2D eigenvalue weighted by molar-refractivity contribution is 8.26. The normalized spacial score (nSPS) is 13.8. The Hall–Kier alpha value is -4.60. The van der Waals surface area contributed by atoms with Crippen molar-refractivity contribution in [3.63, 3.8) is 0 Å². The standard InChI is InChI=1S/C33H27NO6S2/c35-30(36)19-34-32(37)29(42-33(34)41)18-26-16-27(38-20-23-10-4-1-5-11-23)31(40-22-25-14-8-3-9-15-25)28(17-26)39-21-24-12-6-2-7-13-24/h1-18H,19-22H2,(H,35,36)/b29-18-. The van der Waals surface area contributed by atoms with E-state index in [1.54, 1.807) is 18.2 Å². The molecule has 0 unspecified atom stereocenters. The number of nitrogens with zero attached hydrogens (tertiary/aromatic N) is 1. The molecule has 5 rings (SSSR count). The lowest BCUT2D eigenvalue weighted by molar-refractivity contribution is -0.140. The van der Waals surface area contributed by atoms with Crippen molar-refractivity contribution in [1.82, 2.24) is 4.90 Å². The number of thiocarbonyl (C=S) groups is 1. The highest BCUT2D eigenvalue weighted by Crippen LogP contribution is 2.42. The van der Waals surface area contributed by atoms with Crippen LogP contribution in [-0.2, 0) is 29.4 Å². The SMILES string of the molecule is O=C(O)CN1C(=O)/C(=C/c2cc(OCc3ccccc3)c(OCc3ccccc3)c(OCc3ccccc3)c2)SC1=S. The molecule has 1 aliphatic heterocycles. The van der Waals surface area contributed by atoms with E-state index in [-0.39, 0.29) is 24.1 Å². The van der Waals surface area contributed by atoms with Crippen molar-refractivity contribution in [1.29, 1.82) is 0 Å². The number of aliphatic carboxylic acids is 1. The van der Waals surface area contributed by atoms with Gasteiger partial charge in [-0.3, -0.25) is 14.5 Å². The number of carboxylic acids is 1. The largest absolute Gasteiger partial charge is 0.485 e. The van der Waals surface area contributed by atoms with Crippen molar-refractivity contribution in [3.8, 4) is 17.2 Å². The van der Waals surface area contributed by atoms with Gasteiger partial charge in [0.15, 0.2) is 11.5 Å². The van der Waals surface area contributed by atoms with Gasteiger partial charge in [-0.25, -0.2) is 0 Å². The number of rotatable bonds is 12. The van der Waals surface area contributed by atoms with Crippen LogP contribution in [-0.4, -0.2) is 32.7 Å².